The topological polar surface area (TPSA) is 98.3 Å². The van der Waals surface area contributed by atoms with Gasteiger partial charge in [-0.2, -0.15) is 13.2 Å². The van der Waals surface area contributed by atoms with Gasteiger partial charge < -0.3 is 20.3 Å². The molecule has 4 rings (SSSR count). The Morgan fingerprint density at radius 3 is 2.47 bits per heavy atom. The molecule has 1 aliphatic rings. The number of fused-ring (bicyclic) bond motifs is 1. The van der Waals surface area contributed by atoms with Crippen LogP contribution in [0, 0.1) is 0 Å². The van der Waals surface area contributed by atoms with E-state index in [1.165, 1.54) is 11.3 Å². The Morgan fingerprint density at radius 2 is 1.83 bits per heavy atom. The lowest BCUT2D eigenvalue weighted by Gasteiger charge is -2.23. The highest BCUT2D eigenvalue weighted by Crippen LogP contribution is 2.26. The normalized spacial score (nSPS) is 13.0. The van der Waals surface area contributed by atoms with Gasteiger partial charge in [0.2, 0.25) is 0 Å². The number of nitrogens with zero attached hydrogens (tertiary/aromatic N) is 2. The van der Waals surface area contributed by atoms with Crippen molar-refractivity contribution in [3.05, 3.63) is 71.2 Å². The van der Waals surface area contributed by atoms with Crippen molar-refractivity contribution in [2.75, 3.05) is 24.5 Å². The van der Waals surface area contributed by atoms with E-state index < -0.39 is 12.1 Å². The zero-order valence-electron chi connectivity index (χ0n) is 19.9. The van der Waals surface area contributed by atoms with Crippen LogP contribution in [0.15, 0.2) is 48.7 Å². The molecule has 0 spiro atoms. The Kier molecular flexibility index (Phi) is 8.52. The smallest absolute Gasteiger partial charge is 0.475 e. The second-order valence-corrected chi connectivity index (χ2v) is 7.92. The molecule has 10 heteroatoms. The number of hydrogen-bond donors (Lipinski definition) is 3. The molecule has 1 aromatic carbocycles. The Morgan fingerprint density at radius 1 is 1.14 bits per heavy atom. The molecule has 3 N–H and O–H groups in total. The van der Waals surface area contributed by atoms with Gasteiger partial charge in [0.15, 0.2) is 0 Å². The summed E-state index contributed by atoms with van der Waals surface area (Å²) in [7, 11) is 0. The Labute approximate surface area is 206 Å². The molecule has 7 nitrogen and oxygen atoms in total. The maximum absolute atomic E-state index is 12.0. The SMILES string of the molecule is CCN(CC)c1ccccc1/C=C/c1cc(-c2cc3c([nH]2)CCNC3=O)ccn1.O=C(O)C(F)(F)F. The van der Waals surface area contributed by atoms with E-state index in [0.717, 1.165) is 47.7 Å². The number of carbonyl (C=O) groups is 2. The van der Waals surface area contributed by atoms with E-state index in [2.05, 4.69) is 64.4 Å². The van der Waals surface area contributed by atoms with Crippen molar-refractivity contribution in [3.8, 4) is 11.3 Å². The van der Waals surface area contributed by atoms with Gasteiger partial charge in [0.25, 0.3) is 5.91 Å². The lowest BCUT2D eigenvalue weighted by atomic mass is 10.1. The van der Waals surface area contributed by atoms with Crippen LogP contribution in [0.3, 0.4) is 0 Å². The summed E-state index contributed by atoms with van der Waals surface area (Å²) in [5.74, 6) is -2.76. The number of benzene rings is 1. The van der Waals surface area contributed by atoms with Crippen LogP contribution in [0.5, 0.6) is 0 Å². The van der Waals surface area contributed by atoms with Gasteiger partial charge in [-0.25, -0.2) is 4.79 Å². The summed E-state index contributed by atoms with van der Waals surface area (Å²) in [6, 6.07) is 14.4. The van der Waals surface area contributed by atoms with E-state index in [-0.39, 0.29) is 5.91 Å². The van der Waals surface area contributed by atoms with Crippen LogP contribution in [-0.4, -0.2) is 52.8 Å². The first-order valence-corrected chi connectivity index (χ1v) is 11.4. The van der Waals surface area contributed by atoms with Crippen LogP contribution in [0.1, 0.15) is 41.2 Å². The molecule has 36 heavy (non-hydrogen) atoms. The second-order valence-electron chi connectivity index (χ2n) is 7.92. The summed E-state index contributed by atoms with van der Waals surface area (Å²) in [6.07, 6.45) is 1.72. The number of para-hydroxylation sites is 1. The van der Waals surface area contributed by atoms with Crippen molar-refractivity contribution in [2.45, 2.75) is 26.4 Å². The molecule has 0 radical (unpaired) electrons. The predicted octanol–water partition coefficient (Wildman–Crippen LogP) is 5.01. The molecule has 190 valence electrons. The molecule has 0 bridgehead atoms. The van der Waals surface area contributed by atoms with Crippen LogP contribution in [0.4, 0.5) is 18.9 Å². The van der Waals surface area contributed by atoms with Crippen molar-refractivity contribution in [1.82, 2.24) is 15.3 Å². The number of carboxylic acids is 1. The lowest BCUT2D eigenvalue weighted by Crippen LogP contribution is -2.31. The number of amides is 1. The average Bonchev–Trinajstić information content (AvgIpc) is 3.30. The monoisotopic (exact) mass is 500 g/mol. The quantitative estimate of drug-likeness (QED) is 0.442. The first kappa shape index (κ1) is 26.5. The highest BCUT2D eigenvalue weighted by atomic mass is 19.4. The van der Waals surface area contributed by atoms with E-state index in [9.17, 15) is 18.0 Å². The summed E-state index contributed by atoms with van der Waals surface area (Å²) >= 11 is 0. The third kappa shape index (κ3) is 6.53. The molecule has 3 heterocycles. The fourth-order valence-corrected chi connectivity index (χ4v) is 3.81. The summed E-state index contributed by atoms with van der Waals surface area (Å²) in [5.41, 5.74) is 7.02. The molecule has 0 unspecified atom stereocenters. The molecule has 1 aliphatic heterocycles. The summed E-state index contributed by atoms with van der Waals surface area (Å²) in [5, 5.41) is 10.0. The molecule has 0 aliphatic carbocycles. The number of alkyl halides is 3. The van der Waals surface area contributed by atoms with E-state index in [4.69, 9.17) is 9.90 Å². The third-order valence-corrected chi connectivity index (χ3v) is 5.61. The number of halogens is 3. The first-order chi connectivity index (χ1) is 17.1. The van der Waals surface area contributed by atoms with Gasteiger partial charge in [-0.15, -0.1) is 0 Å². The average molecular weight is 501 g/mol. The van der Waals surface area contributed by atoms with Gasteiger partial charge in [-0.05, 0) is 49.8 Å². The fraction of sp³-hybridized carbons (Fsp3) is 0.269. The molecule has 0 fully saturated rings. The van der Waals surface area contributed by atoms with Gasteiger partial charge in [-0.1, -0.05) is 24.3 Å². The molecule has 0 saturated carbocycles. The number of nitrogens with one attached hydrogen (secondary N) is 2. The van der Waals surface area contributed by atoms with Crippen LogP contribution in [0.25, 0.3) is 23.4 Å². The number of rotatable bonds is 6. The first-order valence-electron chi connectivity index (χ1n) is 11.4. The number of H-pyrrole nitrogens is 1. The number of carboxylic acid groups (broad SMARTS) is 1. The van der Waals surface area contributed by atoms with Crippen LogP contribution >= 0.6 is 0 Å². The van der Waals surface area contributed by atoms with Gasteiger partial charge in [0.05, 0.1) is 11.3 Å². The zero-order valence-corrected chi connectivity index (χ0v) is 19.9. The standard InChI is InChI=1S/C24H26N4O.C2HF3O2/c1-3-28(4-2)23-8-6-5-7-17(23)9-10-19-15-18(11-13-25-19)22-16-20-21(27-22)12-14-26-24(20)29;3-2(4,5)1(6)7/h5-11,13,15-16,27H,3-4,12,14H2,1-2H3,(H,26,29);(H,6,7)/b10-9+;. The molecular formula is C26H27F3N4O3. The van der Waals surface area contributed by atoms with Crippen molar-refractivity contribution in [3.63, 3.8) is 0 Å². The van der Waals surface area contributed by atoms with E-state index in [1.807, 2.05) is 30.5 Å². The maximum Gasteiger partial charge on any atom is 0.490 e. The number of pyridine rings is 1. The molecule has 0 saturated heterocycles. The number of aromatic nitrogens is 2. The van der Waals surface area contributed by atoms with Crippen LogP contribution in [0.2, 0.25) is 0 Å². The Balaban J connectivity index is 0.000000454. The van der Waals surface area contributed by atoms with E-state index in [1.54, 1.807) is 0 Å². The summed E-state index contributed by atoms with van der Waals surface area (Å²) in [4.78, 5) is 31.2. The van der Waals surface area contributed by atoms with E-state index >= 15 is 0 Å². The minimum Gasteiger partial charge on any atom is -0.475 e. The van der Waals surface area contributed by atoms with Crippen molar-refractivity contribution in [2.24, 2.45) is 0 Å². The summed E-state index contributed by atoms with van der Waals surface area (Å²) < 4.78 is 31.7. The number of carbonyl (C=O) groups excluding carboxylic acids is 1. The van der Waals surface area contributed by atoms with Crippen molar-refractivity contribution < 1.29 is 27.9 Å². The fourth-order valence-electron chi connectivity index (χ4n) is 3.81. The van der Waals surface area contributed by atoms with Gasteiger partial charge in [0, 0.05) is 54.9 Å². The maximum atomic E-state index is 12.0. The Bertz CT molecular complexity index is 1250. The summed E-state index contributed by atoms with van der Waals surface area (Å²) in [6.45, 7) is 6.97. The van der Waals surface area contributed by atoms with Gasteiger partial charge in [0.1, 0.15) is 0 Å². The number of anilines is 1. The third-order valence-electron chi connectivity index (χ3n) is 5.61. The lowest BCUT2D eigenvalue weighted by molar-refractivity contribution is -0.192. The number of hydrogen-bond acceptors (Lipinski definition) is 4. The minimum atomic E-state index is -5.08. The van der Waals surface area contributed by atoms with Crippen molar-refractivity contribution in [1.29, 1.82) is 0 Å². The number of aromatic amines is 1. The van der Waals surface area contributed by atoms with Crippen molar-refractivity contribution >= 4 is 29.7 Å². The zero-order chi connectivity index (χ0) is 26.3. The van der Waals surface area contributed by atoms with Gasteiger partial charge >= 0.3 is 12.1 Å². The van der Waals surface area contributed by atoms with Gasteiger partial charge in [-0.3, -0.25) is 9.78 Å². The highest BCUT2D eigenvalue weighted by Gasteiger charge is 2.38. The molecular weight excluding hydrogens is 473 g/mol. The number of aliphatic carboxylic acids is 1. The largest absolute Gasteiger partial charge is 0.490 e. The minimum absolute atomic E-state index is 0.00376. The Hall–Kier alpha value is -4.08. The molecule has 2 aromatic heterocycles. The second kappa shape index (κ2) is 11.6. The van der Waals surface area contributed by atoms with Crippen LogP contribution < -0.4 is 10.2 Å². The molecule has 1 amide bonds. The highest BCUT2D eigenvalue weighted by molar-refractivity contribution is 5.97. The molecule has 3 aromatic rings. The predicted molar refractivity (Wildman–Crippen MR) is 133 cm³/mol. The van der Waals surface area contributed by atoms with Crippen LogP contribution in [-0.2, 0) is 11.2 Å². The van der Waals surface area contributed by atoms with E-state index in [0.29, 0.717) is 6.54 Å². The molecule has 0 atom stereocenters.